The lowest BCUT2D eigenvalue weighted by molar-refractivity contribution is -0.0577. The van der Waals surface area contributed by atoms with E-state index in [1.807, 2.05) is 12.1 Å². The molecule has 3 N–H and O–H groups in total. The maximum atomic E-state index is 13.4. The highest BCUT2D eigenvalue weighted by molar-refractivity contribution is 6.00. The van der Waals surface area contributed by atoms with E-state index in [1.165, 1.54) is 13.5 Å². The standard InChI is InChI=1S/C24H26N4O4/c1-27(23(30)31)22-25-19-12-11-16(13-20(19)26-22)24(32)18-10-6-5-9-17(18)21(29)28(24)14-15-7-3-2-4-8-15/h5-6,9-13,15,32H,2-4,7-8,14H2,1H3,(H,25,26)(H,30,31). The van der Waals surface area contributed by atoms with Gasteiger partial charge in [0.2, 0.25) is 5.95 Å². The minimum atomic E-state index is -1.59. The summed E-state index contributed by atoms with van der Waals surface area (Å²) < 4.78 is 0. The van der Waals surface area contributed by atoms with Crippen LogP contribution in [-0.2, 0) is 5.72 Å². The predicted octanol–water partition coefficient (Wildman–Crippen LogP) is 3.91. The van der Waals surface area contributed by atoms with E-state index >= 15 is 0 Å². The predicted molar refractivity (Wildman–Crippen MR) is 120 cm³/mol. The third kappa shape index (κ3) is 3.14. The number of imidazole rings is 1. The van der Waals surface area contributed by atoms with Gasteiger partial charge in [0.05, 0.1) is 11.0 Å². The third-order valence-electron chi connectivity index (χ3n) is 6.81. The Hall–Kier alpha value is -3.39. The van der Waals surface area contributed by atoms with Crippen molar-refractivity contribution in [2.24, 2.45) is 5.92 Å². The van der Waals surface area contributed by atoms with E-state index in [9.17, 15) is 19.8 Å². The van der Waals surface area contributed by atoms with Gasteiger partial charge in [-0.25, -0.2) is 9.78 Å². The van der Waals surface area contributed by atoms with Crippen molar-refractivity contribution in [1.82, 2.24) is 14.9 Å². The lowest BCUT2D eigenvalue weighted by atomic mass is 9.87. The fourth-order valence-electron chi connectivity index (χ4n) is 5.03. The van der Waals surface area contributed by atoms with E-state index in [4.69, 9.17) is 0 Å². The molecule has 166 valence electrons. The normalized spacial score (nSPS) is 21.2. The molecule has 0 radical (unpaired) electrons. The van der Waals surface area contributed by atoms with Gasteiger partial charge in [-0.2, -0.15) is 0 Å². The number of aromatic amines is 1. The Balaban J connectivity index is 1.59. The molecule has 32 heavy (non-hydrogen) atoms. The van der Waals surface area contributed by atoms with Gasteiger partial charge in [-0.15, -0.1) is 0 Å². The van der Waals surface area contributed by atoms with Crippen molar-refractivity contribution >= 4 is 29.0 Å². The van der Waals surface area contributed by atoms with Crippen LogP contribution in [0.3, 0.4) is 0 Å². The van der Waals surface area contributed by atoms with Crippen LogP contribution in [0.5, 0.6) is 0 Å². The molecule has 2 heterocycles. The van der Waals surface area contributed by atoms with Gasteiger partial charge in [0.25, 0.3) is 5.91 Å². The second-order valence-electron chi connectivity index (χ2n) is 8.77. The monoisotopic (exact) mass is 434 g/mol. The number of carbonyl (C=O) groups is 2. The first kappa shape index (κ1) is 20.5. The molecule has 5 rings (SSSR count). The van der Waals surface area contributed by atoms with Crippen LogP contribution in [0.15, 0.2) is 42.5 Å². The molecule has 3 aromatic rings. The largest absolute Gasteiger partial charge is 0.465 e. The van der Waals surface area contributed by atoms with Gasteiger partial charge < -0.3 is 20.1 Å². The summed E-state index contributed by atoms with van der Waals surface area (Å²) in [5.41, 5.74) is 1.21. The summed E-state index contributed by atoms with van der Waals surface area (Å²) in [5, 5.41) is 21.3. The Kier molecular flexibility index (Phi) is 4.89. The summed E-state index contributed by atoms with van der Waals surface area (Å²) in [5.74, 6) is 0.392. The zero-order valence-corrected chi connectivity index (χ0v) is 17.9. The molecule has 1 saturated carbocycles. The first-order valence-electron chi connectivity index (χ1n) is 11.0. The SMILES string of the molecule is CN(C(=O)O)c1nc2ccc(C3(O)c4ccccc4C(=O)N3CC3CCCCC3)cc2[nH]1. The topological polar surface area (TPSA) is 110 Å². The van der Waals surface area contributed by atoms with Crippen LogP contribution in [-0.4, -0.2) is 50.7 Å². The van der Waals surface area contributed by atoms with E-state index in [0.29, 0.717) is 40.2 Å². The van der Waals surface area contributed by atoms with Gasteiger partial charge in [0.1, 0.15) is 0 Å². The molecule has 0 spiro atoms. The molecule has 1 atom stereocenters. The van der Waals surface area contributed by atoms with E-state index in [1.54, 1.807) is 35.2 Å². The maximum Gasteiger partial charge on any atom is 0.413 e. The van der Waals surface area contributed by atoms with E-state index < -0.39 is 11.8 Å². The molecule has 0 bridgehead atoms. The van der Waals surface area contributed by atoms with E-state index in [0.717, 1.165) is 30.6 Å². The number of aliphatic hydroxyl groups is 1. The number of hydrogen-bond donors (Lipinski definition) is 3. The Morgan fingerprint density at radius 1 is 1.22 bits per heavy atom. The van der Waals surface area contributed by atoms with Crippen molar-refractivity contribution in [1.29, 1.82) is 0 Å². The number of fused-ring (bicyclic) bond motifs is 2. The number of H-pyrrole nitrogens is 1. The molecule has 0 saturated heterocycles. The van der Waals surface area contributed by atoms with Gasteiger partial charge in [-0.05, 0) is 37.0 Å². The fourth-order valence-corrected chi connectivity index (χ4v) is 5.03. The highest BCUT2D eigenvalue weighted by atomic mass is 16.4. The molecule has 1 aliphatic carbocycles. The highest BCUT2D eigenvalue weighted by Crippen LogP contribution is 2.44. The van der Waals surface area contributed by atoms with Crippen molar-refractivity contribution in [3.63, 3.8) is 0 Å². The highest BCUT2D eigenvalue weighted by Gasteiger charge is 2.50. The van der Waals surface area contributed by atoms with Crippen LogP contribution in [0.1, 0.15) is 53.6 Å². The number of benzene rings is 2. The fraction of sp³-hybridized carbons (Fsp3) is 0.375. The molecule has 2 aromatic carbocycles. The molecule has 1 unspecified atom stereocenters. The number of hydrogen-bond acceptors (Lipinski definition) is 4. The number of carboxylic acid groups (broad SMARTS) is 1. The maximum absolute atomic E-state index is 13.4. The second kappa shape index (κ2) is 7.63. The molecular weight excluding hydrogens is 408 g/mol. The van der Waals surface area contributed by atoms with Crippen LogP contribution in [0.25, 0.3) is 11.0 Å². The summed E-state index contributed by atoms with van der Waals surface area (Å²) in [7, 11) is 1.41. The van der Waals surface area contributed by atoms with Gasteiger partial charge in [-0.3, -0.25) is 9.69 Å². The molecule has 1 aromatic heterocycles. The van der Waals surface area contributed by atoms with Gasteiger partial charge in [-0.1, -0.05) is 43.5 Å². The summed E-state index contributed by atoms with van der Waals surface area (Å²) in [6, 6.07) is 12.5. The van der Waals surface area contributed by atoms with E-state index in [2.05, 4.69) is 9.97 Å². The smallest absolute Gasteiger partial charge is 0.413 e. The Bertz CT molecular complexity index is 1200. The first-order chi connectivity index (χ1) is 15.4. The van der Waals surface area contributed by atoms with Gasteiger partial charge in [0.15, 0.2) is 5.72 Å². The lowest BCUT2D eigenvalue weighted by Gasteiger charge is -2.38. The Labute approximate surface area is 185 Å². The third-order valence-corrected chi connectivity index (χ3v) is 6.81. The van der Waals surface area contributed by atoms with Gasteiger partial charge >= 0.3 is 6.09 Å². The minimum Gasteiger partial charge on any atom is -0.465 e. The first-order valence-corrected chi connectivity index (χ1v) is 11.0. The zero-order valence-electron chi connectivity index (χ0n) is 17.9. The number of rotatable bonds is 4. The molecule has 8 nitrogen and oxygen atoms in total. The quantitative estimate of drug-likeness (QED) is 0.577. The second-order valence-corrected chi connectivity index (χ2v) is 8.77. The summed E-state index contributed by atoms with van der Waals surface area (Å²) in [6.07, 6.45) is 4.51. The number of amides is 2. The molecule has 2 aliphatic rings. The average Bonchev–Trinajstić information content (AvgIpc) is 3.33. The van der Waals surface area contributed by atoms with Crippen molar-refractivity contribution in [3.05, 3.63) is 59.2 Å². The number of anilines is 1. The summed E-state index contributed by atoms with van der Waals surface area (Å²) in [6.45, 7) is 0.498. The summed E-state index contributed by atoms with van der Waals surface area (Å²) >= 11 is 0. The van der Waals surface area contributed by atoms with Crippen LogP contribution in [0.4, 0.5) is 10.7 Å². The molecule has 1 aliphatic heterocycles. The van der Waals surface area contributed by atoms with Crippen LogP contribution in [0, 0.1) is 5.92 Å². The van der Waals surface area contributed by atoms with E-state index in [-0.39, 0.29) is 11.9 Å². The van der Waals surface area contributed by atoms with Crippen molar-refractivity contribution in [2.75, 3.05) is 18.5 Å². The average molecular weight is 434 g/mol. The van der Waals surface area contributed by atoms with Gasteiger partial charge in [0, 0.05) is 30.3 Å². The Morgan fingerprint density at radius 3 is 2.72 bits per heavy atom. The molecular formula is C24H26N4O4. The zero-order chi connectivity index (χ0) is 22.5. The lowest BCUT2D eigenvalue weighted by Crippen LogP contribution is -2.47. The molecule has 1 fully saturated rings. The molecule has 8 heteroatoms. The van der Waals surface area contributed by atoms with Crippen LogP contribution >= 0.6 is 0 Å². The van der Waals surface area contributed by atoms with Crippen molar-refractivity contribution in [2.45, 2.75) is 37.8 Å². The number of carbonyl (C=O) groups excluding carboxylic acids is 1. The van der Waals surface area contributed by atoms with Crippen LogP contribution in [0.2, 0.25) is 0 Å². The number of nitrogens with one attached hydrogen (secondary N) is 1. The Morgan fingerprint density at radius 2 is 1.97 bits per heavy atom. The molecule has 2 amide bonds. The van der Waals surface area contributed by atoms with Crippen LogP contribution < -0.4 is 4.90 Å². The van der Waals surface area contributed by atoms with Crippen molar-refractivity contribution < 1.29 is 19.8 Å². The minimum absolute atomic E-state index is 0.162. The summed E-state index contributed by atoms with van der Waals surface area (Å²) in [4.78, 5) is 34.6. The number of nitrogens with zero attached hydrogens (tertiary/aromatic N) is 3. The van der Waals surface area contributed by atoms with Crippen molar-refractivity contribution in [3.8, 4) is 0 Å². The number of aromatic nitrogens is 2.